The van der Waals surface area contributed by atoms with Gasteiger partial charge in [-0.3, -0.25) is 0 Å². The van der Waals surface area contributed by atoms with Crippen molar-refractivity contribution in [3.8, 4) is 0 Å². The highest BCUT2D eigenvalue weighted by atomic mass is 19.3. The van der Waals surface area contributed by atoms with E-state index in [0.717, 1.165) is 38.7 Å². The van der Waals surface area contributed by atoms with E-state index >= 15 is 0 Å². The maximum atomic E-state index is 14.8. The third-order valence-electron chi connectivity index (χ3n) is 7.12. The van der Waals surface area contributed by atoms with E-state index in [2.05, 4.69) is 6.92 Å². The maximum Gasteiger partial charge on any atom is 0.251 e. The Labute approximate surface area is 184 Å². The second-order valence-electron chi connectivity index (χ2n) is 9.36. The van der Waals surface area contributed by atoms with Crippen LogP contribution < -0.4 is 0 Å². The van der Waals surface area contributed by atoms with Crippen molar-refractivity contribution in [1.82, 2.24) is 0 Å². The van der Waals surface area contributed by atoms with E-state index in [1.54, 1.807) is 6.92 Å². The highest BCUT2D eigenvalue weighted by Gasteiger charge is 2.45. The molecular weight excluding hydrogens is 404 g/mol. The zero-order chi connectivity index (χ0) is 22.4. The zero-order valence-corrected chi connectivity index (χ0v) is 18.8. The molecule has 2 aliphatic rings. The summed E-state index contributed by atoms with van der Waals surface area (Å²) in [6, 6.07) is 3.02. The molecule has 0 spiro atoms. The molecule has 0 amide bonds. The molecule has 4 atom stereocenters. The first-order chi connectivity index (χ1) is 14.9. The van der Waals surface area contributed by atoms with Gasteiger partial charge in [-0.1, -0.05) is 44.6 Å². The molecule has 5 heteroatoms. The molecule has 1 nitrogen and oxygen atoms in total. The van der Waals surface area contributed by atoms with E-state index in [1.165, 1.54) is 12.1 Å². The predicted molar refractivity (Wildman–Crippen MR) is 117 cm³/mol. The molecule has 0 N–H and O–H groups in total. The summed E-state index contributed by atoms with van der Waals surface area (Å²) in [4.78, 5) is 0. The van der Waals surface area contributed by atoms with Gasteiger partial charge in [-0.25, -0.2) is 17.6 Å². The van der Waals surface area contributed by atoms with Crippen molar-refractivity contribution in [2.45, 2.75) is 96.0 Å². The van der Waals surface area contributed by atoms with Crippen LogP contribution in [0.1, 0.15) is 88.7 Å². The number of hydrogen-bond acceptors (Lipinski definition) is 1. The van der Waals surface area contributed by atoms with Crippen molar-refractivity contribution in [2.24, 2.45) is 11.8 Å². The maximum absolute atomic E-state index is 14.8. The lowest BCUT2D eigenvalue weighted by Gasteiger charge is -2.36. The molecule has 0 aromatic heterocycles. The van der Waals surface area contributed by atoms with Gasteiger partial charge in [0.15, 0.2) is 11.6 Å². The standard InChI is InChI=1S/C26H36F4O/c1-3-7-22-14-10-18(17-31-22)8-5-6-9-21-13-11-20(16-26(21,29)30)23-15-12-19(4-2)24(27)25(23)28/h5-6,12,15,18,20-22H,3-4,7-11,13-14,16-17H2,1-2H3/b6-5-. The van der Waals surface area contributed by atoms with Crippen molar-refractivity contribution >= 4 is 0 Å². The van der Waals surface area contributed by atoms with Gasteiger partial charge in [-0.15, -0.1) is 0 Å². The van der Waals surface area contributed by atoms with Gasteiger partial charge in [0.05, 0.1) is 12.7 Å². The van der Waals surface area contributed by atoms with Crippen LogP contribution in [0.4, 0.5) is 17.6 Å². The van der Waals surface area contributed by atoms with Crippen LogP contribution in [-0.4, -0.2) is 18.6 Å². The van der Waals surface area contributed by atoms with Crippen molar-refractivity contribution in [3.63, 3.8) is 0 Å². The molecule has 1 aromatic carbocycles. The van der Waals surface area contributed by atoms with E-state index < -0.39 is 35.8 Å². The van der Waals surface area contributed by atoms with Crippen LogP contribution in [0.15, 0.2) is 24.3 Å². The van der Waals surface area contributed by atoms with E-state index in [9.17, 15) is 17.6 Å². The lowest BCUT2D eigenvalue weighted by molar-refractivity contribution is -0.0908. The van der Waals surface area contributed by atoms with Crippen LogP contribution in [0.5, 0.6) is 0 Å². The van der Waals surface area contributed by atoms with E-state index in [4.69, 9.17) is 4.74 Å². The molecule has 1 saturated carbocycles. The van der Waals surface area contributed by atoms with Crippen LogP contribution in [0.2, 0.25) is 0 Å². The Hall–Kier alpha value is -1.36. The predicted octanol–water partition coefficient (Wildman–Crippen LogP) is 7.98. The number of ether oxygens (including phenoxy) is 1. The summed E-state index contributed by atoms with van der Waals surface area (Å²) in [5, 5.41) is 0. The summed E-state index contributed by atoms with van der Waals surface area (Å²) in [7, 11) is 0. The van der Waals surface area contributed by atoms with Crippen LogP contribution in [-0.2, 0) is 11.2 Å². The average Bonchev–Trinajstić information content (AvgIpc) is 2.75. The minimum Gasteiger partial charge on any atom is -0.378 e. The minimum absolute atomic E-state index is 0.0991. The Morgan fingerprint density at radius 1 is 1.00 bits per heavy atom. The average molecular weight is 441 g/mol. The smallest absolute Gasteiger partial charge is 0.251 e. The van der Waals surface area contributed by atoms with Gasteiger partial charge >= 0.3 is 0 Å². The van der Waals surface area contributed by atoms with E-state index in [1.807, 2.05) is 12.2 Å². The molecule has 0 bridgehead atoms. The number of alkyl halides is 2. The van der Waals surface area contributed by atoms with Gasteiger partial charge in [0, 0.05) is 12.3 Å². The largest absolute Gasteiger partial charge is 0.378 e. The molecule has 3 rings (SSSR count). The SMILES string of the molecule is CCCC1CCC(C/C=C\CC2CCC(c3ccc(CC)c(F)c3F)CC2(F)F)CO1. The Morgan fingerprint density at radius 2 is 1.77 bits per heavy atom. The third kappa shape index (κ3) is 6.12. The summed E-state index contributed by atoms with van der Waals surface area (Å²) in [5.74, 6) is -5.61. The first kappa shape index (κ1) is 24.3. The zero-order valence-electron chi connectivity index (χ0n) is 18.8. The second kappa shape index (κ2) is 11.0. The second-order valence-corrected chi connectivity index (χ2v) is 9.36. The summed E-state index contributed by atoms with van der Waals surface area (Å²) in [6.07, 6.45) is 10.7. The third-order valence-corrected chi connectivity index (χ3v) is 7.12. The van der Waals surface area contributed by atoms with Crippen LogP contribution in [0, 0.1) is 23.5 Å². The fraction of sp³-hybridized carbons (Fsp3) is 0.692. The molecular formula is C26H36F4O. The van der Waals surface area contributed by atoms with Gasteiger partial charge in [0.1, 0.15) is 0 Å². The Kier molecular flexibility index (Phi) is 8.60. The molecule has 174 valence electrons. The minimum atomic E-state index is -2.87. The highest BCUT2D eigenvalue weighted by Crippen LogP contribution is 2.47. The van der Waals surface area contributed by atoms with Gasteiger partial charge in [0.2, 0.25) is 0 Å². The summed E-state index contributed by atoms with van der Waals surface area (Å²) >= 11 is 0. The summed E-state index contributed by atoms with van der Waals surface area (Å²) in [5.41, 5.74) is 0.387. The van der Waals surface area contributed by atoms with Crippen LogP contribution in [0.25, 0.3) is 0 Å². The molecule has 1 aromatic rings. The van der Waals surface area contributed by atoms with Crippen molar-refractivity contribution in [3.05, 3.63) is 47.0 Å². The number of benzene rings is 1. The summed E-state index contributed by atoms with van der Waals surface area (Å²) < 4.78 is 64.1. The van der Waals surface area contributed by atoms with Crippen molar-refractivity contribution < 1.29 is 22.3 Å². The van der Waals surface area contributed by atoms with Gasteiger partial charge in [0.25, 0.3) is 5.92 Å². The number of aryl methyl sites for hydroxylation is 1. The lowest BCUT2D eigenvalue weighted by atomic mass is 9.74. The molecule has 31 heavy (non-hydrogen) atoms. The molecule has 1 heterocycles. The topological polar surface area (TPSA) is 9.23 Å². The Bertz CT molecular complexity index is 737. The fourth-order valence-corrected chi connectivity index (χ4v) is 5.10. The van der Waals surface area contributed by atoms with E-state index in [-0.39, 0.29) is 11.1 Å². The Balaban J connectivity index is 1.50. The molecule has 4 unspecified atom stereocenters. The quantitative estimate of drug-likeness (QED) is 0.294. The number of allylic oxidation sites excluding steroid dienone is 2. The highest BCUT2D eigenvalue weighted by molar-refractivity contribution is 5.30. The van der Waals surface area contributed by atoms with Crippen molar-refractivity contribution in [1.29, 1.82) is 0 Å². The van der Waals surface area contributed by atoms with Crippen molar-refractivity contribution in [2.75, 3.05) is 6.61 Å². The molecule has 1 aliphatic carbocycles. The van der Waals surface area contributed by atoms with E-state index in [0.29, 0.717) is 37.7 Å². The number of halogens is 4. The molecule has 1 aliphatic heterocycles. The van der Waals surface area contributed by atoms with Crippen LogP contribution in [0.3, 0.4) is 0 Å². The molecule has 1 saturated heterocycles. The van der Waals surface area contributed by atoms with Gasteiger partial charge in [-0.05, 0) is 74.3 Å². The summed E-state index contributed by atoms with van der Waals surface area (Å²) in [6.45, 7) is 4.67. The molecule has 0 radical (unpaired) electrons. The first-order valence-electron chi connectivity index (χ1n) is 12.0. The lowest BCUT2D eigenvalue weighted by Crippen LogP contribution is -2.35. The first-order valence-corrected chi connectivity index (χ1v) is 12.0. The number of hydrogen-bond donors (Lipinski definition) is 0. The molecule has 2 fully saturated rings. The Morgan fingerprint density at radius 3 is 2.42 bits per heavy atom. The number of rotatable bonds is 8. The van der Waals surface area contributed by atoms with Gasteiger partial charge in [-0.2, -0.15) is 0 Å². The normalized spacial score (nSPS) is 28.8. The monoisotopic (exact) mass is 440 g/mol. The van der Waals surface area contributed by atoms with Crippen LogP contribution >= 0.6 is 0 Å². The van der Waals surface area contributed by atoms with Gasteiger partial charge < -0.3 is 4.74 Å². The fourth-order valence-electron chi connectivity index (χ4n) is 5.10.